The molecule has 2 heterocycles. The molecule has 3 N–H and O–H groups in total. The Morgan fingerprint density at radius 3 is 2.84 bits per heavy atom. The Kier molecular flexibility index (Phi) is 6.49. The molecular weight excluding hydrogens is 400 g/mol. The number of nitrogens with two attached hydrogens (primary N) is 1. The van der Waals surface area contributed by atoms with Gasteiger partial charge in [-0.15, -0.1) is 0 Å². The van der Waals surface area contributed by atoms with E-state index in [0.717, 1.165) is 73.9 Å². The van der Waals surface area contributed by atoms with Gasteiger partial charge in [-0.2, -0.15) is 0 Å². The van der Waals surface area contributed by atoms with Crippen molar-refractivity contribution in [2.75, 3.05) is 13.1 Å². The number of benzene rings is 1. The second-order valence-electron chi connectivity index (χ2n) is 8.65. The minimum absolute atomic E-state index is 0.304. The van der Waals surface area contributed by atoms with Gasteiger partial charge in [0.25, 0.3) is 0 Å². The Bertz CT molecular complexity index is 1100. The molecule has 0 bridgehead atoms. The molecule has 1 fully saturated rings. The van der Waals surface area contributed by atoms with Gasteiger partial charge in [0.1, 0.15) is 0 Å². The molecule has 6 nitrogen and oxygen atoms in total. The normalized spacial score (nSPS) is 21.1. The van der Waals surface area contributed by atoms with Crippen molar-refractivity contribution in [3.05, 3.63) is 65.9 Å². The molecule has 1 aliphatic heterocycles. The number of amides is 1. The number of amidine groups is 1. The SMILES string of the molecule is N=C1CCCCN1CCCCCC1=CC=CC(=O)C1(C(N)=O)c1cnc2ccccc2c1. The topological polar surface area (TPSA) is 100 Å². The molecule has 32 heavy (non-hydrogen) atoms. The minimum atomic E-state index is -1.50. The van der Waals surface area contributed by atoms with Crippen molar-refractivity contribution in [2.24, 2.45) is 5.73 Å². The summed E-state index contributed by atoms with van der Waals surface area (Å²) in [6, 6.07) is 9.50. The second-order valence-corrected chi connectivity index (χ2v) is 8.65. The number of pyridine rings is 1. The third-order valence-electron chi connectivity index (χ3n) is 6.64. The number of hydrogen-bond acceptors (Lipinski definition) is 4. The molecule has 0 radical (unpaired) electrons. The van der Waals surface area contributed by atoms with Gasteiger partial charge in [0.2, 0.25) is 5.91 Å². The summed E-state index contributed by atoms with van der Waals surface area (Å²) in [4.78, 5) is 32.6. The van der Waals surface area contributed by atoms with Crippen LogP contribution in [0.3, 0.4) is 0 Å². The van der Waals surface area contributed by atoms with E-state index in [1.165, 1.54) is 6.08 Å². The monoisotopic (exact) mass is 430 g/mol. The number of rotatable bonds is 8. The van der Waals surface area contributed by atoms with Gasteiger partial charge >= 0.3 is 0 Å². The molecule has 1 amide bonds. The van der Waals surface area contributed by atoms with Crippen LogP contribution in [0.25, 0.3) is 10.9 Å². The molecule has 4 rings (SSSR count). The van der Waals surface area contributed by atoms with Gasteiger partial charge in [0.15, 0.2) is 11.2 Å². The maximum atomic E-state index is 13.1. The zero-order valence-corrected chi connectivity index (χ0v) is 18.3. The number of fused-ring (bicyclic) bond motifs is 1. The predicted octanol–water partition coefficient (Wildman–Crippen LogP) is 4.05. The lowest BCUT2D eigenvalue weighted by molar-refractivity contribution is -0.130. The Balaban J connectivity index is 1.51. The summed E-state index contributed by atoms with van der Waals surface area (Å²) in [5.41, 5.74) is 6.49. The summed E-state index contributed by atoms with van der Waals surface area (Å²) in [5, 5.41) is 8.95. The Morgan fingerprint density at radius 2 is 2.03 bits per heavy atom. The predicted molar refractivity (Wildman–Crippen MR) is 126 cm³/mol. The van der Waals surface area contributed by atoms with Crippen molar-refractivity contribution >= 4 is 28.4 Å². The molecule has 2 aromatic rings. The first kappa shape index (κ1) is 21.9. The molecule has 1 aromatic carbocycles. The smallest absolute Gasteiger partial charge is 0.240 e. The van der Waals surface area contributed by atoms with E-state index >= 15 is 0 Å². The number of carbonyl (C=O) groups is 2. The van der Waals surface area contributed by atoms with Crippen molar-refractivity contribution in [1.29, 1.82) is 5.41 Å². The molecular formula is C26H30N4O2. The van der Waals surface area contributed by atoms with Crippen molar-refractivity contribution in [3.63, 3.8) is 0 Å². The molecule has 1 aromatic heterocycles. The average molecular weight is 431 g/mol. The lowest BCUT2D eigenvalue weighted by Crippen LogP contribution is -2.49. The van der Waals surface area contributed by atoms with E-state index in [9.17, 15) is 9.59 Å². The number of nitrogens with one attached hydrogen (secondary N) is 1. The highest BCUT2D eigenvalue weighted by Gasteiger charge is 2.48. The number of nitrogens with zero attached hydrogens (tertiary/aromatic N) is 2. The summed E-state index contributed by atoms with van der Waals surface area (Å²) in [6.07, 6.45) is 13.2. The Hall–Kier alpha value is -3.28. The van der Waals surface area contributed by atoms with E-state index < -0.39 is 11.3 Å². The number of hydrogen-bond donors (Lipinski definition) is 2. The maximum absolute atomic E-state index is 13.1. The first-order valence-electron chi connectivity index (χ1n) is 11.4. The number of carbonyl (C=O) groups excluding carboxylic acids is 2. The summed E-state index contributed by atoms with van der Waals surface area (Å²) in [7, 11) is 0. The number of allylic oxidation sites excluding steroid dienone is 3. The highest BCUT2D eigenvalue weighted by Crippen LogP contribution is 2.39. The van der Waals surface area contributed by atoms with E-state index in [4.69, 9.17) is 11.1 Å². The highest BCUT2D eigenvalue weighted by atomic mass is 16.2. The molecule has 1 atom stereocenters. The van der Waals surface area contributed by atoms with Crippen LogP contribution in [0.4, 0.5) is 0 Å². The quantitative estimate of drug-likeness (QED) is 0.487. The fourth-order valence-corrected chi connectivity index (χ4v) is 4.89. The van der Waals surface area contributed by atoms with Crippen molar-refractivity contribution in [2.45, 2.75) is 50.4 Å². The van der Waals surface area contributed by atoms with Crippen LogP contribution in [0.5, 0.6) is 0 Å². The van der Waals surface area contributed by atoms with Gasteiger partial charge < -0.3 is 10.6 Å². The van der Waals surface area contributed by atoms with E-state index in [0.29, 0.717) is 12.0 Å². The summed E-state index contributed by atoms with van der Waals surface area (Å²) in [6.45, 7) is 1.87. The number of ketones is 1. The first-order valence-corrected chi connectivity index (χ1v) is 11.4. The van der Waals surface area contributed by atoms with Gasteiger partial charge in [0.05, 0.1) is 11.4 Å². The summed E-state index contributed by atoms with van der Waals surface area (Å²) in [5.74, 6) is -0.211. The van der Waals surface area contributed by atoms with Crippen LogP contribution in [0.2, 0.25) is 0 Å². The van der Waals surface area contributed by atoms with E-state index in [2.05, 4.69) is 9.88 Å². The lowest BCUT2D eigenvalue weighted by Gasteiger charge is -2.33. The van der Waals surface area contributed by atoms with Crippen molar-refractivity contribution in [1.82, 2.24) is 9.88 Å². The van der Waals surface area contributed by atoms with Crippen molar-refractivity contribution < 1.29 is 9.59 Å². The van der Waals surface area contributed by atoms with Gasteiger partial charge in [-0.25, -0.2) is 0 Å². The summed E-state index contributed by atoms with van der Waals surface area (Å²) >= 11 is 0. The third-order valence-corrected chi connectivity index (χ3v) is 6.64. The Labute approximate surface area is 188 Å². The molecule has 2 aliphatic rings. The molecule has 0 saturated carbocycles. The fourth-order valence-electron chi connectivity index (χ4n) is 4.89. The maximum Gasteiger partial charge on any atom is 0.240 e. The number of aromatic nitrogens is 1. The standard InChI is InChI=1S/C26H30N4O2/c27-24-14-5-7-16-30(24)15-6-1-2-10-20-11-8-13-23(31)26(20,25(28)32)21-17-19-9-3-4-12-22(19)29-18-21/h3-4,8-9,11-13,17-18,27H,1-2,5-7,10,14-16H2,(H2,28,32). The average Bonchev–Trinajstić information content (AvgIpc) is 2.79. The number of primary amides is 1. The fraction of sp³-hybridized carbons (Fsp3) is 0.385. The van der Waals surface area contributed by atoms with Crippen LogP contribution in [-0.4, -0.2) is 40.5 Å². The minimum Gasteiger partial charge on any atom is -0.368 e. The zero-order valence-electron chi connectivity index (χ0n) is 18.3. The first-order chi connectivity index (χ1) is 15.5. The lowest BCUT2D eigenvalue weighted by atomic mass is 9.67. The van der Waals surface area contributed by atoms with Gasteiger partial charge in [-0.05, 0) is 61.4 Å². The summed E-state index contributed by atoms with van der Waals surface area (Å²) < 4.78 is 0. The largest absolute Gasteiger partial charge is 0.368 e. The van der Waals surface area contributed by atoms with Crippen LogP contribution in [0.15, 0.2) is 60.3 Å². The van der Waals surface area contributed by atoms with Crippen LogP contribution < -0.4 is 5.73 Å². The molecule has 6 heteroatoms. The van der Waals surface area contributed by atoms with Gasteiger partial charge in [0, 0.05) is 31.1 Å². The van der Waals surface area contributed by atoms with E-state index in [-0.39, 0.29) is 5.78 Å². The molecule has 166 valence electrons. The highest BCUT2D eigenvalue weighted by molar-refractivity contribution is 6.19. The molecule has 0 spiro atoms. The third kappa shape index (κ3) is 4.09. The van der Waals surface area contributed by atoms with E-state index in [1.54, 1.807) is 12.3 Å². The molecule has 1 saturated heterocycles. The molecule has 1 unspecified atom stereocenters. The van der Waals surface area contributed by atoms with E-state index in [1.807, 2.05) is 36.4 Å². The van der Waals surface area contributed by atoms with Crippen LogP contribution in [0.1, 0.15) is 50.5 Å². The Morgan fingerprint density at radius 1 is 1.19 bits per heavy atom. The van der Waals surface area contributed by atoms with Gasteiger partial charge in [-0.3, -0.25) is 20.0 Å². The number of para-hydroxylation sites is 1. The van der Waals surface area contributed by atoms with Gasteiger partial charge in [-0.1, -0.05) is 36.8 Å². The zero-order chi connectivity index (χ0) is 22.6. The molecule has 1 aliphatic carbocycles. The number of unbranched alkanes of at least 4 members (excludes halogenated alkanes) is 2. The van der Waals surface area contributed by atoms with Crippen LogP contribution in [-0.2, 0) is 15.0 Å². The number of likely N-dealkylation sites (tertiary alicyclic amines) is 1. The van der Waals surface area contributed by atoms with Crippen LogP contribution >= 0.6 is 0 Å². The van der Waals surface area contributed by atoms with Crippen LogP contribution in [0, 0.1) is 5.41 Å². The van der Waals surface area contributed by atoms with Crippen molar-refractivity contribution in [3.8, 4) is 0 Å². The number of piperidine rings is 1. The second kappa shape index (κ2) is 9.47.